The number of anilines is 1. The van der Waals surface area contributed by atoms with Gasteiger partial charge in [-0.15, -0.1) is 0 Å². The first-order valence-corrected chi connectivity index (χ1v) is 6.92. The fourth-order valence-electron chi connectivity index (χ4n) is 2.33. The molecule has 0 atom stereocenters. The number of hydrogen-bond donors (Lipinski definition) is 1. The van der Waals surface area contributed by atoms with Gasteiger partial charge in [0.05, 0.1) is 16.3 Å². The Morgan fingerprint density at radius 1 is 1.35 bits per heavy atom. The molecule has 7 heteroatoms. The minimum Gasteiger partial charge on any atom is -0.375 e. The van der Waals surface area contributed by atoms with Gasteiger partial charge in [0, 0.05) is 6.20 Å². The molecule has 0 radical (unpaired) electrons. The van der Waals surface area contributed by atoms with E-state index in [4.69, 9.17) is 5.73 Å². The number of hydrogen-bond acceptors (Lipinski definition) is 4. The molecule has 1 aliphatic carbocycles. The van der Waals surface area contributed by atoms with E-state index in [0.29, 0.717) is 10.7 Å². The summed E-state index contributed by atoms with van der Waals surface area (Å²) in [6, 6.07) is 3.20. The van der Waals surface area contributed by atoms with Gasteiger partial charge in [0.2, 0.25) is 0 Å². The smallest absolute Gasteiger partial charge is 0.375 e. The third-order valence-electron chi connectivity index (χ3n) is 3.62. The number of aryl methyl sites for hydroxylation is 1. The van der Waals surface area contributed by atoms with Gasteiger partial charge < -0.3 is 5.73 Å². The quantitative estimate of drug-likeness (QED) is 0.920. The highest BCUT2D eigenvalue weighted by Gasteiger charge is 2.65. The molecule has 0 saturated heterocycles. The molecule has 2 aromatic heterocycles. The summed E-state index contributed by atoms with van der Waals surface area (Å²) in [5, 5.41) is 0.410. The van der Waals surface area contributed by atoms with E-state index < -0.39 is 11.6 Å². The average Bonchev–Trinajstić information content (AvgIpc) is 3.11. The summed E-state index contributed by atoms with van der Waals surface area (Å²) in [5.74, 6) is 0. The van der Waals surface area contributed by atoms with E-state index >= 15 is 0 Å². The molecule has 0 amide bonds. The maximum absolute atomic E-state index is 13.1. The monoisotopic (exact) mass is 299 g/mol. The second-order valence-corrected chi connectivity index (χ2v) is 6.01. The number of nitrogens with zero attached hydrogens (tertiary/aromatic N) is 2. The van der Waals surface area contributed by atoms with Crippen LogP contribution in [-0.2, 0) is 5.41 Å². The number of nitrogens with two attached hydrogens (primary N) is 1. The average molecular weight is 299 g/mol. The number of halogens is 3. The number of rotatable bonds is 2. The molecular formula is C13H12F3N3S. The van der Waals surface area contributed by atoms with Crippen LogP contribution in [0.3, 0.4) is 0 Å². The highest BCUT2D eigenvalue weighted by molar-refractivity contribution is 7.18. The number of alkyl halides is 3. The molecule has 106 valence electrons. The molecule has 0 unspecified atom stereocenters. The lowest BCUT2D eigenvalue weighted by Gasteiger charge is -2.18. The summed E-state index contributed by atoms with van der Waals surface area (Å²) < 4.78 is 39.4. The van der Waals surface area contributed by atoms with Crippen LogP contribution in [0.2, 0.25) is 0 Å². The van der Waals surface area contributed by atoms with E-state index in [1.54, 1.807) is 13.0 Å². The van der Waals surface area contributed by atoms with Crippen molar-refractivity contribution in [1.29, 1.82) is 0 Å². The highest BCUT2D eigenvalue weighted by Crippen LogP contribution is 2.58. The van der Waals surface area contributed by atoms with Crippen molar-refractivity contribution < 1.29 is 13.2 Å². The summed E-state index contributed by atoms with van der Waals surface area (Å²) in [6.45, 7) is 1.79. The molecular weight excluding hydrogens is 287 g/mol. The fraction of sp³-hybridized carbons (Fsp3) is 0.385. The molecule has 2 heterocycles. The Kier molecular flexibility index (Phi) is 2.79. The van der Waals surface area contributed by atoms with Crippen LogP contribution in [-0.4, -0.2) is 16.1 Å². The Balaban J connectivity index is 2.05. The lowest BCUT2D eigenvalue weighted by molar-refractivity contribution is -0.161. The minimum atomic E-state index is -4.25. The summed E-state index contributed by atoms with van der Waals surface area (Å²) >= 11 is 1.27. The first-order chi connectivity index (χ1) is 9.33. The SMILES string of the molecule is Cc1nc(N)sc1-c1ccnc(C2(C(F)(F)F)CC2)c1. The lowest BCUT2D eigenvalue weighted by Crippen LogP contribution is -2.29. The van der Waals surface area contributed by atoms with Crippen LogP contribution in [0.1, 0.15) is 24.2 Å². The molecule has 20 heavy (non-hydrogen) atoms. The van der Waals surface area contributed by atoms with Crippen LogP contribution >= 0.6 is 11.3 Å². The molecule has 0 aromatic carbocycles. The van der Waals surface area contributed by atoms with Crippen molar-refractivity contribution in [3.63, 3.8) is 0 Å². The number of nitrogen functional groups attached to an aromatic ring is 1. The molecule has 1 fully saturated rings. The van der Waals surface area contributed by atoms with Crippen LogP contribution in [0.25, 0.3) is 10.4 Å². The van der Waals surface area contributed by atoms with Gasteiger partial charge in [0.15, 0.2) is 5.13 Å². The van der Waals surface area contributed by atoms with Gasteiger partial charge in [-0.1, -0.05) is 11.3 Å². The second kappa shape index (κ2) is 4.18. The van der Waals surface area contributed by atoms with Crippen LogP contribution in [0.15, 0.2) is 18.3 Å². The van der Waals surface area contributed by atoms with Crippen molar-refractivity contribution >= 4 is 16.5 Å². The maximum atomic E-state index is 13.1. The molecule has 1 saturated carbocycles. The van der Waals surface area contributed by atoms with Gasteiger partial charge in [-0.2, -0.15) is 13.2 Å². The summed E-state index contributed by atoms with van der Waals surface area (Å²) in [4.78, 5) is 8.83. The normalized spacial score (nSPS) is 17.2. The standard InChI is InChI=1S/C13H12F3N3S/c1-7-10(20-11(17)19-7)8-2-5-18-9(6-8)12(3-4-12)13(14,15)16/h2,5-6H,3-4H2,1H3,(H2,17,19). The zero-order valence-electron chi connectivity index (χ0n) is 10.7. The summed E-state index contributed by atoms with van der Waals surface area (Å²) in [7, 11) is 0. The molecule has 3 rings (SSSR count). The van der Waals surface area contributed by atoms with E-state index in [1.165, 1.54) is 23.6 Å². The molecule has 1 aliphatic rings. The van der Waals surface area contributed by atoms with Gasteiger partial charge in [-0.3, -0.25) is 4.98 Å². The fourth-order valence-corrected chi connectivity index (χ4v) is 3.16. The van der Waals surface area contributed by atoms with E-state index in [9.17, 15) is 13.2 Å². The molecule has 0 aliphatic heterocycles. The summed E-state index contributed by atoms with van der Waals surface area (Å²) in [5.41, 5.74) is 5.38. The first-order valence-electron chi connectivity index (χ1n) is 6.10. The van der Waals surface area contributed by atoms with E-state index in [1.807, 2.05) is 0 Å². The van der Waals surface area contributed by atoms with E-state index in [2.05, 4.69) is 9.97 Å². The summed E-state index contributed by atoms with van der Waals surface area (Å²) in [6.07, 6.45) is -2.61. The van der Waals surface area contributed by atoms with Crippen molar-refractivity contribution in [3.8, 4) is 10.4 Å². The first kappa shape index (κ1) is 13.4. The molecule has 2 N–H and O–H groups in total. The van der Waals surface area contributed by atoms with Gasteiger partial charge in [-0.05, 0) is 37.5 Å². The van der Waals surface area contributed by atoms with Crippen molar-refractivity contribution in [1.82, 2.24) is 9.97 Å². The van der Waals surface area contributed by atoms with Gasteiger partial charge in [0.25, 0.3) is 0 Å². The topological polar surface area (TPSA) is 51.8 Å². The van der Waals surface area contributed by atoms with Crippen molar-refractivity contribution in [2.45, 2.75) is 31.4 Å². The predicted molar refractivity (Wildman–Crippen MR) is 71.5 cm³/mol. The van der Waals surface area contributed by atoms with Gasteiger partial charge in [-0.25, -0.2) is 4.98 Å². The lowest BCUT2D eigenvalue weighted by atomic mass is 9.99. The van der Waals surface area contributed by atoms with Crippen LogP contribution in [0, 0.1) is 6.92 Å². The highest BCUT2D eigenvalue weighted by atomic mass is 32.1. The van der Waals surface area contributed by atoms with Crippen LogP contribution in [0.4, 0.5) is 18.3 Å². The second-order valence-electron chi connectivity index (χ2n) is 4.98. The number of pyridine rings is 1. The zero-order valence-corrected chi connectivity index (χ0v) is 11.5. The Morgan fingerprint density at radius 3 is 2.55 bits per heavy atom. The van der Waals surface area contributed by atoms with Gasteiger partial charge >= 0.3 is 6.18 Å². The van der Waals surface area contributed by atoms with E-state index in [0.717, 1.165) is 10.6 Å². The van der Waals surface area contributed by atoms with Crippen LogP contribution < -0.4 is 5.73 Å². The third-order valence-corrected chi connectivity index (χ3v) is 4.65. The molecule has 2 aromatic rings. The van der Waals surface area contributed by atoms with Crippen molar-refractivity contribution in [2.24, 2.45) is 0 Å². The van der Waals surface area contributed by atoms with Crippen LogP contribution in [0.5, 0.6) is 0 Å². The largest absolute Gasteiger partial charge is 0.399 e. The Bertz CT molecular complexity index is 659. The predicted octanol–water partition coefficient (Wildman–Crippen LogP) is 3.69. The molecule has 3 nitrogen and oxygen atoms in total. The van der Waals surface area contributed by atoms with Crippen molar-refractivity contribution in [3.05, 3.63) is 29.7 Å². The Labute approximate surface area is 117 Å². The molecule has 0 spiro atoms. The molecule has 0 bridgehead atoms. The Hall–Kier alpha value is -1.63. The van der Waals surface area contributed by atoms with E-state index in [-0.39, 0.29) is 18.5 Å². The minimum absolute atomic E-state index is 0.0915. The Morgan fingerprint density at radius 2 is 2.05 bits per heavy atom. The van der Waals surface area contributed by atoms with Crippen molar-refractivity contribution in [2.75, 3.05) is 5.73 Å². The zero-order chi connectivity index (χ0) is 14.5. The number of aromatic nitrogens is 2. The van der Waals surface area contributed by atoms with Gasteiger partial charge in [0.1, 0.15) is 5.41 Å². The number of thiazole rings is 1. The maximum Gasteiger partial charge on any atom is 0.399 e. The third kappa shape index (κ3) is 1.96.